The van der Waals surface area contributed by atoms with E-state index < -0.39 is 18.3 Å². The van der Waals surface area contributed by atoms with Crippen LogP contribution in [0.25, 0.3) is 0 Å². The van der Waals surface area contributed by atoms with Crippen LogP contribution in [-0.2, 0) is 4.74 Å². The minimum absolute atomic E-state index is 0.282. The third-order valence-electron chi connectivity index (χ3n) is 1.23. The van der Waals surface area contributed by atoms with Crippen molar-refractivity contribution in [2.24, 2.45) is 0 Å². The maximum atomic E-state index is 10.4. The molecular weight excluding hydrogens is 134 g/mol. The third-order valence-corrected chi connectivity index (χ3v) is 1.23. The fourth-order valence-electron chi connectivity index (χ4n) is 0.688. The van der Waals surface area contributed by atoms with Gasteiger partial charge in [-0.05, 0) is 0 Å². The van der Waals surface area contributed by atoms with Crippen LogP contribution in [0.1, 0.15) is 0 Å². The summed E-state index contributed by atoms with van der Waals surface area (Å²) in [6, 6.07) is 0. The number of nitrogens with one attached hydrogen (secondary N) is 1. The number of ether oxygens (including phenoxy) is 1. The Hall–Kier alpha value is -1.21. The predicted octanol–water partition coefficient (Wildman–Crippen LogP) is -0.911. The van der Waals surface area contributed by atoms with Crippen LogP contribution < -0.4 is 5.32 Å². The van der Waals surface area contributed by atoms with Gasteiger partial charge in [0.25, 0.3) is 0 Å². The van der Waals surface area contributed by atoms with Crippen molar-refractivity contribution in [1.82, 2.24) is 5.32 Å². The number of hydrogen-bond acceptors (Lipinski definition) is 3. The normalized spacial score (nSPS) is 26.4. The van der Waals surface area contributed by atoms with E-state index in [2.05, 4.69) is 16.0 Å². The van der Waals surface area contributed by atoms with E-state index in [9.17, 15) is 4.79 Å². The summed E-state index contributed by atoms with van der Waals surface area (Å²) in [5.74, 6) is 2.07. The second-order valence-electron chi connectivity index (χ2n) is 1.94. The number of amides is 1. The fourth-order valence-corrected chi connectivity index (χ4v) is 0.688. The molecule has 1 saturated heterocycles. The highest BCUT2D eigenvalue weighted by atomic mass is 16.6. The van der Waals surface area contributed by atoms with Crippen LogP contribution in [0.2, 0.25) is 0 Å². The largest absolute Gasteiger partial charge is 0.441 e. The minimum atomic E-state index is -1.00. The molecular formula is C6H7NO3. The molecule has 0 spiro atoms. The zero-order chi connectivity index (χ0) is 7.56. The molecule has 0 bridgehead atoms. The van der Waals surface area contributed by atoms with Gasteiger partial charge in [-0.2, -0.15) is 0 Å². The number of terminal acetylenes is 1. The highest BCUT2D eigenvalue weighted by Crippen LogP contribution is 2.03. The van der Waals surface area contributed by atoms with Crippen LogP contribution in [0.3, 0.4) is 0 Å². The molecule has 2 atom stereocenters. The lowest BCUT2D eigenvalue weighted by Crippen LogP contribution is -2.27. The molecule has 0 aliphatic carbocycles. The van der Waals surface area contributed by atoms with Crippen LogP contribution in [-0.4, -0.2) is 30.0 Å². The molecule has 1 heterocycles. The number of cyclic esters (lactones) is 1. The first kappa shape index (κ1) is 6.90. The Balaban J connectivity index is 2.46. The van der Waals surface area contributed by atoms with Crippen LogP contribution >= 0.6 is 0 Å². The number of aliphatic hydroxyl groups is 1. The Labute approximate surface area is 58.2 Å². The van der Waals surface area contributed by atoms with E-state index in [-0.39, 0.29) is 6.54 Å². The Kier molecular flexibility index (Phi) is 1.78. The summed E-state index contributed by atoms with van der Waals surface area (Å²) in [7, 11) is 0. The van der Waals surface area contributed by atoms with Crippen molar-refractivity contribution in [3.8, 4) is 12.3 Å². The monoisotopic (exact) mass is 141 g/mol. The second kappa shape index (κ2) is 2.58. The van der Waals surface area contributed by atoms with Gasteiger partial charge in [-0.3, -0.25) is 0 Å². The number of carbonyl (C=O) groups excluding carboxylic acids is 1. The van der Waals surface area contributed by atoms with Gasteiger partial charge in [-0.1, -0.05) is 5.92 Å². The molecule has 10 heavy (non-hydrogen) atoms. The molecule has 1 amide bonds. The minimum Gasteiger partial charge on any atom is -0.441 e. The van der Waals surface area contributed by atoms with Gasteiger partial charge in [0.15, 0.2) is 12.2 Å². The van der Waals surface area contributed by atoms with Crippen LogP contribution in [0, 0.1) is 12.3 Å². The summed E-state index contributed by atoms with van der Waals surface area (Å²) in [5, 5.41) is 11.3. The summed E-state index contributed by atoms with van der Waals surface area (Å²) >= 11 is 0. The molecule has 2 N–H and O–H groups in total. The zero-order valence-corrected chi connectivity index (χ0v) is 5.20. The Morgan fingerprint density at radius 1 is 2.00 bits per heavy atom. The van der Waals surface area contributed by atoms with Gasteiger partial charge in [0.1, 0.15) is 0 Å². The van der Waals surface area contributed by atoms with E-state index in [1.165, 1.54) is 0 Å². The number of aliphatic hydroxyl groups excluding tert-OH is 1. The van der Waals surface area contributed by atoms with Crippen molar-refractivity contribution in [3.63, 3.8) is 0 Å². The van der Waals surface area contributed by atoms with Gasteiger partial charge >= 0.3 is 6.09 Å². The summed E-state index contributed by atoms with van der Waals surface area (Å²) in [5.41, 5.74) is 0. The van der Waals surface area contributed by atoms with Gasteiger partial charge < -0.3 is 15.2 Å². The SMILES string of the molecule is C#CC(O)[C@H]1CNC(=O)O1. The van der Waals surface area contributed by atoms with E-state index in [4.69, 9.17) is 11.5 Å². The Bertz CT molecular complexity index is 184. The van der Waals surface area contributed by atoms with Crippen molar-refractivity contribution in [3.05, 3.63) is 0 Å². The highest BCUT2D eigenvalue weighted by Gasteiger charge is 2.27. The molecule has 1 aliphatic heterocycles. The van der Waals surface area contributed by atoms with Crippen molar-refractivity contribution < 1.29 is 14.6 Å². The quantitative estimate of drug-likeness (QED) is 0.465. The third kappa shape index (κ3) is 1.20. The van der Waals surface area contributed by atoms with Crippen LogP contribution in [0.5, 0.6) is 0 Å². The molecule has 4 nitrogen and oxygen atoms in total. The van der Waals surface area contributed by atoms with Crippen LogP contribution in [0.15, 0.2) is 0 Å². The molecule has 1 unspecified atom stereocenters. The number of alkyl carbamates (subject to hydrolysis) is 1. The molecule has 1 aliphatic rings. The summed E-state index contributed by atoms with van der Waals surface area (Å²) in [4.78, 5) is 10.4. The lowest BCUT2D eigenvalue weighted by atomic mass is 10.2. The smallest absolute Gasteiger partial charge is 0.407 e. The maximum Gasteiger partial charge on any atom is 0.407 e. The van der Waals surface area contributed by atoms with Crippen molar-refractivity contribution >= 4 is 6.09 Å². The van der Waals surface area contributed by atoms with E-state index in [0.29, 0.717) is 0 Å². The van der Waals surface area contributed by atoms with Gasteiger partial charge in [-0.25, -0.2) is 4.79 Å². The van der Waals surface area contributed by atoms with Crippen molar-refractivity contribution in [2.75, 3.05) is 6.54 Å². The van der Waals surface area contributed by atoms with Crippen molar-refractivity contribution in [1.29, 1.82) is 0 Å². The average molecular weight is 141 g/mol. The number of rotatable bonds is 1. The Morgan fingerprint density at radius 2 is 2.70 bits per heavy atom. The molecule has 4 heteroatoms. The standard InChI is InChI=1S/C6H7NO3/c1-2-4(8)5-3-7-6(9)10-5/h1,4-5,8H,3H2,(H,7,9)/t4?,5-/m1/s1. The predicted molar refractivity (Wildman–Crippen MR) is 33.1 cm³/mol. The van der Waals surface area contributed by atoms with Gasteiger partial charge in [0.05, 0.1) is 6.54 Å². The zero-order valence-electron chi connectivity index (χ0n) is 5.20. The highest BCUT2D eigenvalue weighted by molar-refractivity contribution is 5.69. The van der Waals surface area contributed by atoms with E-state index in [1.54, 1.807) is 0 Å². The second-order valence-corrected chi connectivity index (χ2v) is 1.94. The molecule has 0 radical (unpaired) electrons. The van der Waals surface area contributed by atoms with Gasteiger partial charge in [0.2, 0.25) is 0 Å². The first-order valence-corrected chi connectivity index (χ1v) is 2.82. The van der Waals surface area contributed by atoms with E-state index in [0.717, 1.165) is 0 Å². The average Bonchev–Trinajstić information content (AvgIpc) is 2.34. The molecule has 1 rings (SSSR count). The van der Waals surface area contributed by atoms with Gasteiger partial charge in [0, 0.05) is 0 Å². The first-order chi connectivity index (χ1) is 4.74. The Morgan fingerprint density at radius 3 is 3.10 bits per heavy atom. The fraction of sp³-hybridized carbons (Fsp3) is 0.500. The lowest BCUT2D eigenvalue weighted by molar-refractivity contribution is 0.0640. The number of carbonyl (C=O) groups is 1. The van der Waals surface area contributed by atoms with Crippen LogP contribution in [0.4, 0.5) is 4.79 Å². The molecule has 0 aromatic carbocycles. The summed E-state index contributed by atoms with van der Waals surface area (Å²) < 4.78 is 4.57. The summed E-state index contributed by atoms with van der Waals surface area (Å²) in [6.45, 7) is 0.282. The van der Waals surface area contributed by atoms with E-state index in [1.807, 2.05) is 0 Å². The molecule has 1 fully saturated rings. The molecule has 0 saturated carbocycles. The maximum absolute atomic E-state index is 10.4. The molecule has 54 valence electrons. The number of hydrogen-bond donors (Lipinski definition) is 2. The van der Waals surface area contributed by atoms with Crippen molar-refractivity contribution in [2.45, 2.75) is 12.2 Å². The summed E-state index contributed by atoms with van der Waals surface area (Å²) in [6.07, 6.45) is 2.76. The molecule has 0 aromatic rings. The first-order valence-electron chi connectivity index (χ1n) is 2.82. The molecule has 0 aromatic heterocycles. The lowest BCUT2D eigenvalue weighted by Gasteiger charge is -2.08. The van der Waals surface area contributed by atoms with E-state index >= 15 is 0 Å². The van der Waals surface area contributed by atoms with Gasteiger partial charge in [-0.15, -0.1) is 6.42 Å². The topological polar surface area (TPSA) is 58.6 Å².